The number of carbonyl (C=O) groups excluding carboxylic acids is 2. The molecule has 4 heterocycles. The second-order valence-corrected chi connectivity index (χ2v) is 10.9. The number of fused-ring (bicyclic) bond motifs is 6. The van der Waals surface area contributed by atoms with Crippen LogP contribution < -0.4 is 20.3 Å². The fourth-order valence-corrected chi connectivity index (χ4v) is 5.90. The maximum atomic E-state index is 13.1. The second-order valence-electron chi connectivity index (χ2n) is 10.9. The highest BCUT2D eigenvalue weighted by molar-refractivity contribution is 6.12. The lowest BCUT2D eigenvalue weighted by molar-refractivity contribution is -0.131. The van der Waals surface area contributed by atoms with Crippen LogP contribution in [0.5, 0.6) is 11.5 Å². The van der Waals surface area contributed by atoms with Gasteiger partial charge >= 0.3 is 11.9 Å². The molecule has 0 atom stereocenters. The summed E-state index contributed by atoms with van der Waals surface area (Å²) in [7, 11) is 0. The topological polar surface area (TPSA) is 112 Å². The SMILES string of the molecule is O=C(/C=C\C(=O)Oc1cccc2c3ccccc3n(Nc3ccncc3)c12)Oc1cccc2c3ccccc3n(Nc3ccncc3)c12. The Morgan fingerprint density at radius 2 is 0.896 bits per heavy atom. The number of esters is 2. The van der Waals surface area contributed by atoms with Crippen molar-refractivity contribution in [2.24, 2.45) is 0 Å². The number of anilines is 2. The van der Waals surface area contributed by atoms with E-state index in [1.807, 2.05) is 106 Å². The van der Waals surface area contributed by atoms with Crippen LogP contribution in [0.4, 0.5) is 11.4 Å². The molecule has 0 saturated carbocycles. The van der Waals surface area contributed by atoms with E-state index in [2.05, 4.69) is 20.8 Å². The molecule has 48 heavy (non-hydrogen) atoms. The normalized spacial score (nSPS) is 11.4. The van der Waals surface area contributed by atoms with Crippen LogP contribution in [-0.4, -0.2) is 31.3 Å². The summed E-state index contributed by atoms with van der Waals surface area (Å²) in [6.07, 6.45) is 8.90. The number of aromatic nitrogens is 4. The molecule has 0 saturated heterocycles. The van der Waals surface area contributed by atoms with Gasteiger partial charge in [0.2, 0.25) is 0 Å². The second kappa shape index (κ2) is 12.1. The lowest BCUT2D eigenvalue weighted by Gasteiger charge is -2.13. The van der Waals surface area contributed by atoms with E-state index in [9.17, 15) is 9.59 Å². The number of ether oxygens (including phenoxy) is 2. The zero-order chi connectivity index (χ0) is 32.5. The summed E-state index contributed by atoms with van der Waals surface area (Å²) in [5.74, 6) is -0.812. The maximum absolute atomic E-state index is 13.1. The van der Waals surface area contributed by atoms with Crippen molar-refractivity contribution >= 4 is 66.9 Å². The third-order valence-corrected chi connectivity index (χ3v) is 7.93. The van der Waals surface area contributed by atoms with Gasteiger partial charge in [0.25, 0.3) is 0 Å². The minimum atomic E-state index is -0.730. The minimum absolute atomic E-state index is 0.324. The molecular weight excluding hydrogens is 604 g/mol. The molecule has 0 aliphatic rings. The molecule has 2 N–H and O–H groups in total. The van der Waals surface area contributed by atoms with Crippen molar-refractivity contribution < 1.29 is 19.1 Å². The quantitative estimate of drug-likeness (QED) is 0.101. The van der Waals surface area contributed by atoms with Crippen LogP contribution in [0.1, 0.15) is 0 Å². The number of para-hydroxylation sites is 4. The van der Waals surface area contributed by atoms with Crippen molar-refractivity contribution in [1.29, 1.82) is 0 Å². The Bertz CT molecular complexity index is 2330. The Balaban J connectivity index is 1.08. The van der Waals surface area contributed by atoms with E-state index in [1.165, 1.54) is 0 Å². The van der Waals surface area contributed by atoms with E-state index in [0.29, 0.717) is 22.5 Å². The highest BCUT2D eigenvalue weighted by Gasteiger charge is 2.18. The molecule has 10 nitrogen and oxygen atoms in total. The van der Waals surface area contributed by atoms with E-state index in [0.717, 1.165) is 56.1 Å². The summed E-state index contributed by atoms with van der Waals surface area (Å²) >= 11 is 0. The third-order valence-electron chi connectivity index (χ3n) is 7.93. The molecule has 8 aromatic rings. The average Bonchev–Trinajstić information content (AvgIpc) is 3.62. The highest BCUT2D eigenvalue weighted by Crippen LogP contribution is 2.36. The molecule has 0 spiro atoms. The van der Waals surface area contributed by atoms with Crippen LogP contribution in [0.2, 0.25) is 0 Å². The lowest BCUT2D eigenvalue weighted by atomic mass is 10.1. The summed E-state index contributed by atoms with van der Waals surface area (Å²) in [5.41, 5.74) is 11.5. The van der Waals surface area contributed by atoms with Gasteiger partial charge < -0.3 is 9.47 Å². The lowest BCUT2D eigenvalue weighted by Crippen LogP contribution is -2.12. The summed E-state index contributed by atoms with van der Waals surface area (Å²) in [6.45, 7) is 0. The van der Waals surface area contributed by atoms with Crippen LogP contribution in [-0.2, 0) is 9.59 Å². The predicted molar refractivity (Wildman–Crippen MR) is 186 cm³/mol. The molecule has 10 heteroatoms. The van der Waals surface area contributed by atoms with E-state index in [1.54, 1.807) is 36.9 Å². The largest absolute Gasteiger partial charge is 0.421 e. The van der Waals surface area contributed by atoms with Crippen LogP contribution in [0.25, 0.3) is 43.6 Å². The summed E-state index contributed by atoms with van der Waals surface area (Å²) in [6, 6.07) is 34.2. The average molecular weight is 631 g/mol. The number of nitrogens with one attached hydrogen (secondary N) is 2. The third kappa shape index (κ3) is 5.23. The standard InChI is InChI=1S/C38H26N6O4/c45-35(47-33-13-5-9-29-27-7-1-3-11-31(27)43(37(29)33)41-25-17-21-39-22-18-25)15-16-36(46)48-34-14-6-10-30-28-8-2-4-12-32(28)44(38(30)34)42-26-19-23-40-24-20-26/h1-24H,(H,39,41)(H,40,42)/b16-15-. The Kier molecular flexibility index (Phi) is 7.19. The first-order valence-corrected chi connectivity index (χ1v) is 15.1. The smallest absolute Gasteiger partial charge is 0.336 e. The minimum Gasteiger partial charge on any atom is -0.421 e. The molecule has 4 aromatic carbocycles. The van der Waals surface area contributed by atoms with Crippen LogP contribution >= 0.6 is 0 Å². The van der Waals surface area contributed by atoms with E-state index in [-0.39, 0.29) is 0 Å². The predicted octanol–water partition coefficient (Wildman–Crippen LogP) is 7.51. The Morgan fingerprint density at radius 3 is 1.33 bits per heavy atom. The molecule has 0 fully saturated rings. The number of rotatable bonds is 8. The number of carbonyl (C=O) groups is 2. The van der Waals surface area contributed by atoms with E-state index in [4.69, 9.17) is 9.47 Å². The van der Waals surface area contributed by atoms with Crippen molar-refractivity contribution in [1.82, 2.24) is 19.3 Å². The van der Waals surface area contributed by atoms with Gasteiger partial charge in [-0.3, -0.25) is 30.2 Å². The van der Waals surface area contributed by atoms with Crippen molar-refractivity contribution in [2.75, 3.05) is 10.9 Å². The van der Waals surface area contributed by atoms with Gasteiger partial charge in [-0.05, 0) is 48.5 Å². The zero-order valence-electron chi connectivity index (χ0n) is 25.3. The molecule has 0 unspecified atom stereocenters. The van der Waals surface area contributed by atoms with Crippen LogP contribution in [0, 0.1) is 0 Å². The molecule has 0 radical (unpaired) electrons. The van der Waals surface area contributed by atoms with Gasteiger partial charge in [0.1, 0.15) is 11.0 Å². The molecular formula is C38H26N6O4. The number of pyridine rings is 2. The van der Waals surface area contributed by atoms with Gasteiger partial charge in [-0.15, -0.1) is 0 Å². The number of benzene rings is 4. The van der Waals surface area contributed by atoms with Gasteiger partial charge in [-0.1, -0.05) is 60.7 Å². The fraction of sp³-hybridized carbons (Fsp3) is 0. The summed E-state index contributed by atoms with van der Waals surface area (Å²) in [4.78, 5) is 34.4. The molecule has 8 rings (SSSR count). The summed E-state index contributed by atoms with van der Waals surface area (Å²) in [5, 5.41) is 3.75. The van der Waals surface area contributed by atoms with Crippen molar-refractivity contribution in [3.63, 3.8) is 0 Å². The monoisotopic (exact) mass is 630 g/mol. The highest BCUT2D eigenvalue weighted by atomic mass is 16.5. The zero-order valence-corrected chi connectivity index (χ0v) is 25.3. The number of nitrogens with zero attached hydrogens (tertiary/aromatic N) is 4. The molecule has 4 aromatic heterocycles. The van der Waals surface area contributed by atoms with Gasteiger partial charge in [0, 0.05) is 58.5 Å². The molecule has 232 valence electrons. The summed E-state index contributed by atoms with van der Waals surface area (Å²) < 4.78 is 15.4. The Morgan fingerprint density at radius 1 is 0.500 bits per heavy atom. The van der Waals surface area contributed by atoms with Gasteiger partial charge in [0.15, 0.2) is 11.5 Å². The van der Waals surface area contributed by atoms with Gasteiger partial charge in [0.05, 0.1) is 22.4 Å². The Labute approximate surface area is 273 Å². The Hall–Kier alpha value is -6.94. The molecule has 0 bridgehead atoms. The number of hydrogen-bond donors (Lipinski definition) is 2. The molecule has 0 aliphatic heterocycles. The van der Waals surface area contributed by atoms with E-state index < -0.39 is 11.9 Å². The number of hydrogen-bond acceptors (Lipinski definition) is 8. The fourth-order valence-electron chi connectivity index (χ4n) is 5.90. The first-order valence-electron chi connectivity index (χ1n) is 15.1. The van der Waals surface area contributed by atoms with Crippen molar-refractivity contribution in [2.45, 2.75) is 0 Å². The van der Waals surface area contributed by atoms with Crippen LogP contribution in [0.15, 0.2) is 146 Å². The van der Waals surface area contributed by atoms with Gasteiger partial charge in [-0.25, -0.2) is 9.59 Å². The molecule has 0 amide bonds. The van der Waals surface area contributed by atoms with E-state index >= 15 is 0 Å². The first-order chi connectivity index (χ1) is 23.6. The first kappa shape index (κ1) is 28.5. The van der Waals surface area contributed by atoms with Crippen LogP contribution in [0.3, 0.4) is 0 Å². The molecule has 0 aliphatic carbocycles. The maximum Gasteiger partial charge on any atom is 0.336 e. The van der Waals surface area contributed by atoms with Crippen molar-refractivity contribution in [3.8, 4) is 11.5 Å². The van der Waals surface area contributed by atoms with Crippen molar-refractivity contribution in [3.05, 3.63) is 146 Å². The van der Waals surface area contributed by atoms with Gasteiger partial charge in [-0.2, -0.15) is 0 Å².